The first kappa shape index (κ1) is 13.0. The highest BCUT2D eigenvalue weighted by atomic mass is 16.5. The maximum absolute atomic E-state index is 8.66. The molecule has 2 heteroatoms. The summed E-state index contributed by atoms with van der Waals surface area (Å²) in [6, 6.07) is 7.31. The molecule has 0 radical (unpaired) electrons. The lowest BCUT2D eigenvalue weighted by Gasteiger charge is -1.98. The molecule has 1 aliphatic rings. The van der Waals surface area contributed by atoms with E-state index >= 15 is 0 Å². The van der Waals surface area contributed by atoms with Crippen LogP contribution >= 0.6 is 0 Å². The van der Waals surface area contributed by atoms with Crippen molar-refractivity contribution in [3.63, 3.8) is 0 Å². The number of aliphatic hydroxyl groups excluding tert-OH is 1. The maximum Gasteiger partial charge on any atom is 0.118 e. The van der Waals surface area contributed by atoms with Crippen molar-refractivity contribution in [1.29, 1.82) is 0 Å². The van der Waals surface area contributed by atoms with E-state index in [0.717, 1.165) is 17.2 Å². The molecule has 16 heavy (non-hydrogen) atoms. The predicted molar refractivity (Wildman–Crippen MR) is 66.5 cm³/mol. The third-order valence-electron chi connectivity index (χ3n) is 2.74. The zero-order valence-electron chi connectivity index (χ0n) is 10.3. The summed E-state index contributed by atoms with van der Waals surface area (Å²) < 4.78 is 4.93. The standard InChI is InChI=1S/C8H10O2.C6H12/c1-10-8-4-2-7(6-9)3-5-8;1-2-3-6-4-5-6/h2-5,9H,6H2,1H3;6H,2-5H2,1H3. The highest BCUT2D eigenvalue weighted by molar-refractivity contribution is 5.26. The van der Waals surface area contributed by atoms with Gasteiger partial charge in [0.15, 0.2) is 0 Å². The minimum atomic E-state index is 0.0873. The Morgan fingerprint density at radius 1 is 1.25 bits per heavy atom. The zero-order valence-corrected chi connectivity index (χ0v) is 10.3. The fourth-order valence-electron chi connectivity index (χ4n) is 1.55. The van der Waals surface area contributed by atoms with E-state index in [1.165, 1.54) is 25.7 Å². The molecule has 0 spiro atoms. The van der Waals surface area contributed by atoms with Crippen LogP contribution in [0, 0.1) is 5.92 Å². The molecule has 1 saturated carbocycles. The van der Waals surface area contributed by atoms with Crippen molar-refractivity contribution in [3.05, 3.63) is 29.8 Å². The summed E-state index contributed by atoms with van der Waals surface area (Å²) in [5.74, 6) is 1.96. The van der Waals surface area contributed by atoms with Gasteiger partial charge in [0.2, 0.25) is 0 Å². The number of rotatable bonds is 4. The number of hydrogen-bond acceptors (Lipinski definition) is 2. The van der Waals surface area contributed by atoms with E-state index in [2.05, 4.69) is 6.92 Å². The van der Waals surface area contributed by atoms with Gasteiger partial charge in [0, 0.05) is 0 Å². The van der Waals surface area contributed by atoms with Gasteiger partial charge in [-0.15, -0.1) is 0 Å². The molecule has 1 N–H and O–H groups in total. The van der Waals surface area contributed by atoms with E-state index < -0.39 is 0 Å². The number of methoxy groups -OCH3 is 1. The van der Waals surface area contributed by atoms with Gasteiger partial charge in [0.1, 0.15) is 5.75 Å². The molecule has 2 rings (SSSR count). The Balaban J connectivity index is 0.000000181. The number of benzene rings is 1. The van der Waals surface area contributed by atoms with Crippen molar-refractivity contribution in [2.75, 3.05) is 7.11 Å². The third kappa shape index (κ3) is 5.17. The van der Waals surface area contributed by atoms with Crippen LogP contribution in [0.15, 0.2) is 24.3 Å². The van der Waals surface area contributed by atoms with Crippen molar-refractivity contribution >= 4 is 0 Å². The molecule has 0 atom stereocenters. The number of hydrogen-bond donors (Lipinski definition) is 1. The molecule has 1 fully saturated rings. The maximum atomic E-state index is 8.66. The topological polar surface area (TPSA) is 29.5 Å². The van der Waals surface area contributed by atoms with Crippen LogP contribution in [0.5, 0.6) is 5.75 Å². The minimum Gasteiger partial charge on any atom is -0.497 e. The van der Waals surface area contributed by atoms with E-state index in [9.17, 15) is 0 Å². The Bertz CT molecular complexity index is 252. The smallest absolute Gasteiger partial charge is 0.118 e. The Kier molecular flexibility index (Phi) is 5.94. The Morgan fingerprint density at radius 3 is 2.19 bits per heavy atom. The fraction of sp³-hybridized carbons (Fsp3) is 0.571. The SMILES string of the molecule is CCCC1CC1.COc1ccc(CO)cc1. The summed E-state index contributed by atoms with van der Waals surface area (Å²) >= 11 is 0. The summed E-state index contributed by atoms with van der Waals surface area (Å²) in [7, 11) is 1.62. The zero-order chi connectivity index (χ0) is 11.8. The van der Waals surface area contributed by atoms with Crippen molar-refractivity contribution in [2.24, 2.45) is 5.92 Å². The highest BCUT2D eigenvalue weighted by Crippen LogP contribution is 2.32. The van der Waals surface area contributed by atoms with Gasteiger partial charge in [-0.1, -0.05) is 44.7 Å². The average molecular weight is 222 g/mol. The van der Waals surface area contributed by atoms with E-state index in [0.29, 0.717) is 0 Å². The molecule has 90 valence electrons. The summed E-state index contributed by atoms with van der Waals surface area (Å²) in [6.07, 6.45) is 5.92. The summed E-state index contributed by atoms with van der Waals surface area (Å²) in [6.45, 7) is 2.35. The molecule has 1 aromatic carbocycles. The van der Waals surface area contributed by atoms with Gasteiger partial charge in [-0.05, 0) is 23.6 Å². The summed E-state index contributed by atoms with van der Waals surface area (Å²) in [5, 5.41) is 8.66. The van der Waals surface area contributed by atoms with Crippen LogP contribution in [0.2, 0.25) is 0 Å². The van der Waals surface area contributed by atoms with E-state index in [4.69, 9.17) is 9.84 Å². The molecule has 1 aromatic rings. The average Bonchev–Trinajstić information content (AvgIpc) is 3.14. The van der Waals surface area contributed by atoms with Gasteiger partial charge >= 0.3 is 0 Å². The molecule has 0 aliphatic heterocycles. The van der Waals surface area contributed by atoms with Crippen LogP contribution in [0.4, 0.5) is 0 Å². The van der Waals surface area contributed by atoms with Crippen molar-refractivity contribution < 1.29 is 9.84 Å². The summed E-state index contributed by atoms with van der Waals surface area (Å²) in [4.78, 5) is 0. The predicted octanol–water partition coefficient (Wildman–Crippen LogP) is 3.38. The van der Waals surface area contributed by atoms with Crippen LogP contribution in [0.25, 0.3) is 0 Å². The van der Waals surface area contributed by atoms with Gasteiger partial charge < -0.3 is 9.84 Å². The summed E-state index contributed by atoms with van der Waals surface area (Å²) in [5.41, 5.74) is 0.904. The minimum absolute atomic E-state index is 0.0873. The van der Waals surface area contributed by atoms with Gasteiger partial charge in [0.05, 0.1) is 13.7 Å². The second kappa shape index (κ2) is 7.29. The van der Waals surface area contributed by atoms with Crippen LogP contribution in [0.1, 0.15) is 38.2 Å². The quantitative estimate of drug-likeness (QED) is 0.846. The fourth-order valence-corrected chi connectivity index (χ4v) is 1.55. The molecule has 2 nitrogen and oxygen atoms in total. The molecular weight excluding hydrogens is 200 g/mol. The molecule has 0 aromatic heterocycles. The van der Waals surface area contributed by atoms with Crippen molar-refractivity contribution in [2.45, 2.75) is 39.2 Å². The Hall–Kier alpha value is -1.02. The second-order valence-electron chi connectivity index (χ2n) is 4.24. The van der Waals surface area contributed by atoms with Crippen molar-refractivity contribution in [3.8, 4) is 5.75 Å². The first-order chi connectivity index (χ1) is 7.80. The van der Waals surface area contributed by atoms with Gasteiger partial charge in [-0.3, -0.25) is 0 Å². The first-order valence-electron chi connectivity index (χ1n) is 6.04. The Labute approximate surface area is 98.3 Å². The van der Waals surface area contributed by atoms with Crippen LogP contribution in [-0.4, -0.2) is 12.2 Å². The molecule has 0 bridgehead atoms. The van der Waals surface area contributed by atoms with E-state index in [-0.39, 0.29) is 6.61 Å². The number of ether oxygens (including phenoxy) is 1. The van der Waals surface area contributed by atoms with Crippen LogP contribution in [0.3, 0.4) is 0 Å². The van der Waals surface area contributed by atoms with Gasteiger partial charge in [0.25, 0.3) is 0 Å². The monoisotopic (exact) mass is 222 g/mol. The molecule has 0 amide bonds. The van der Waals surface area contributed by atoms with Crippen LogP contribution < -0.4 is 4.74 Å². The largest absolute Gasteiger partial charge is 0.497 e. The van der Waals surface area contributed by atoms with Gasteiger partial charge in [-0.25, -0.2) is 0 Å². The Morgan fingerprint density at radius 2 is 1.88 bits per heavy atom. The lowest BCUT2D eigenvalue weighted by atomic mass is 10.2. The normalized spacial score (nSPS) is 13.9. The number of aliphatic hydroxyl groups is 1. The lowest BCUT2D eigenvalue weighted by Crippen LogP contribution is -1.84. The van der Waals surface area contributed by atoms with Crippen LogP contribution in [-0.2, 0) is 6.61 Å². The third-order valence-corrected chi connectivity index (χ3v) is 2.74. The lowest BCUT2D eigenvalue weighted by molar-refractivity contribution is 0.281. The molecular formula is C14H22O2. The molecule has 0 unspecified atom stereocenters. The van der Waals surface area contributed by atoms with Crippen molar-refractivity contribution in [1.82, 2.24) is 0 Å². The second-order valence-corrected chi connectivity index (χ2v) is 4.24. The van der Waals surface area contributed by atoms with E-state index in [1.807, 2.05) is 24.3 Å². The molecule has 0 heterocycles. The molecule has 1 aliphatic carbocycles. The van der Waals surface area contributed by atoms with E-state index in [1.54, 1.807) is 7.11 Å². The molecule has 0 saturated heterocycles. The highest BCUT2D eigenvalue weighted by Gasteiger charge is 2.18. The van der Waals surface area contributed by atoms with Gasteiger partial charge in [-0.2, -0.15) is 0 Å². The first-order valence-corrected chi connectivity index (χ1v) is 6.04.